The number of amides is 1. The second-order valence-corrected chi connectivity index (χ2v) is 4.14. The smallest absolute Gasteiger partial charge is 0.381 e. The number of aryl methyl sites for hydroxylation is 1. The third-order valence-corrected chi connectivity index (χ3v) is 2.67. The van der Waals surface area contributed by atoms with Gasteiger partial charge in [-0.2, -0.15) is 0 Å². The summed E-state index contributed by atoms with van der Waals surface area (Å²) in [6.07, 6.45) is 2.03. The van der Waals surface area contributed by atoms with E-state index >= 15 is 0 Å². The largest absolute Gasteiger partial charge is 0.395 e. The monoisotopic (exact) mass is 270 g/mol. The summed E-state index contributed by atoms with van der Waals surface area (Å²) in [6, 6.07) is 0. The Kier molecular flexibility index (Phi) is 5.43. The van der Waals surface area contributed by atoms with Crippen LogP contribution in [0.2, 0.25) is 0 Å². The van der Waals surface area contributed by atoms with Gasteiger partial charge in [-0.1, -0.05) is 6.92 Å². The minimum atomic E-state index is -0.592. The van der Waals surface area contributed by atoms with E-state index in [1.165, 1.54) is 15.7 Å². The van der Waals surface area contributed by atoms with Gasteiger partial charge in [-0.15, -0.1) is 0 Å². The van der Waals surface area contributed by atoms with Crippen molar-refractivity contribution in [2.75, 3.05) is 19.7 Å². The van der Waals surface area contributed by atoms with E-state index in [1.54, 1.807) is 6.92 Å². The van der Waals surface area contributed by atoms with Crippen molar-refractivity contribution in [3.8, 4) is 0 Å². The van der Waals surface area contributed by atoms with Crippen molar-refractivity contribution >= 4 is 11.7 Å². The maximum atomic E-state index is 12.0. The lowest BCUT2D eigenvalue weighted by atomic mass is 10.3. The highest BCUT2D eigenvalue weighted by atomic mass is 16.6. The Bertz CT molecular complexity index is 452. The molecule has 8 nitrogen and oxygen atoms in total. The van der Waals surface area contributed by atoms with Gasteiger partial charge in [0.15, 0.2) is 0 Å². The van der Waals surface area contributed by atoms with Gasteiger partial charge in [0.2, 0.25) is 11.7 Å². The number of nitrogens with zero attached hydrogens (tertiary/aromatic N) is 4. The Balaban J connectivity index is 2.77. The topological polar surface area (TPSA) is 102 Å². The minimum absolute atomic E-state index is 0.00727. The number of hydrogen-bond donors (Lipinski definition) is 1. The standard InChI is InChI=1S/C11H18N4O4/c1-3-4-13(5-6-16)11(17)8-14-7-10(15(18)19)12-9(14)2/h7,16H,3-6,8H2,1-2H3. The molecule has 1 amide bonds. The fourth-order valence-electron chi connectivity index (χ4n) is 1.74. The molecule has 1 rings (SSSR count). The molecule has 0 aromatic carbocycles. The number of nitro groups is 1. The van der Waals surface area contributed by atoms with E-state index in [2.05, 4.69) is 4.98 Å². The fourth-order valence-corrected chi connectivity index (χ4v) is 1.74. The van der Waals surface area contributed by atoms with Crippen LogP contribution in [0.5, 0.6) is 0 Å². The molecule has 1 aromatic rings. The molecular formula is C11H18N4O4. The highest BCUT2D eigenvalue weighted by Crippen LogP contribution is 2.10. The van der Waals surface area contributed by atoms with Crippen LogP contribution in [0.15, 0.2) is 6.20 Å². The van der Waals surface area contributed by atoms with E-state index in [0.29, 0.717) is 12.4 Å². The Labute approximate surface area is 110 Å². The van der Waals surface area contributed by atoms with Crippen LogP contribution in [0.1, 0.15) is 19.2 Å². The number of hydrogen-bond acceptors (Lipinski definition) is 5. The van der Waals surface area contributed by atoms with Crippen molar-refractivity contribution in [1.29, 1.82) is 0 Å². The van der Waals surface area contributed by atoms with E-state index in [-0.39, 0.29) is 31.4 Å². The summed E-state index contributed by atoms with van der Waals surface area (Å²) >= 11 is 0. The Morgan fingerprint density at radius 2 is 2.26 bits per heavy atom. The molecule has 1 heterocycles. The first-order chi connectivity index (χ1) is 8.99. The van der Waals surface area contributed by atoms with Crippen LogP contribution in [-0.4, -0.2) is 50.1 Å². The molecule has 0 saturated carbocycles. The lowest BCUT2D eigenvalue weighted by Crippen LogP contribution is -2.36. The Morgan fingerprint density at radius 1 is 1.58 bits per heavy atom. The zero-order chi connectivity index (χ0) is 14.4. The maximum absolute atomic E-state index is 12.0. The molecule has 0 aliphatic heterocycles. The number of aliphatic hydroxyl groups is 1. The predicted octanol–water partition coefficient (Wildman–Crippen LogP) is 0.331. The van der Waals surface area contributed by atoms with Gasteiger partial charge < -0.3 is 20.1 Å². The molecule has 8 heteroatoms. The summed E-state index contributed by atoms with van der Waals surface area (Å²) in [5.74, 6) is -0.0405. The van der Waals surface area contributed by atoms with Crippen LogP contribution >= 0.6 is 0 Å². The molecule has 1 N–H and O–H groups in total. The zero-order valence-electron chi connectivity index (χ0n) is 11.1. The van der Waals surface area contributed by atoms with Gasteiger partial charge in [0.05, 0.1) is 6.61 Å². The van der Waals surface area contributed by atoms with Crippen molar-refractivity contribution in [2.24, 2.45) is 0 Å². The molecule has 0 unspecified atom stereocenters. The molecule has 0 bridgehead atoms. The molecular weight excluding hydrogens is 252 g/mol. The van der Waals surface area contributed by atoms with Gasteiger partial charge in [0.1, 0.15) is 12.7 Å². The van der Waals surface area contributed by atoms with Crippen LogP contribution in [0.4, 0.5) is 5.82 Å². The first-order valence-electron chi connectivity index (χ1n) is 6.06. The number of carbonyl (C=O) groups excluding carboxylic acids is 1. The van der Waals surface area contributed by atoms with Gasteiger partial charge >= 0.3 is 5.82 Å². The SMILES string of the molecule is CCCN(CCO)C(=O)Cn1cc([N+](=O)[O-])nc1C. The van der Waals surface area contributed by atoms with E-state index < -0.39 is 4.92 Å². The summed E-state index contributed by atoms with van der Waals surface area (Å²) in [4.78, 5) is 27.3. The van der Waals surface area contributed by atoms with E-state index in [1.807, 2.05) is 6.92 Å². The van der Waals surface area contributed by atoms with E-state index in [4.69, 9.17) is 5.11 Å². The molecule has 0 aliphatic carbocycles. The van der Waals surface area contributed by atoms with Crippen molar-refractivity contribution in [1.82, 2.24) is 14.5 Å². The molecule has 0 atom stereocenters. The average Bonchev–Trinajstić information content (AvgIpc) is 2.71. The van der Waals surface area contributed by atoms with Crippen molar-refractivity contribution in [3.05, 3.63) is 22.1 Å². The number of imidazole rings is 1. The molecule has 106 valence electrons. The molecule has 0 fully saturated rings. The lowest BCUT2D eigenvalue weighted by molar-refractivity contribution is -0.389. The van der Waals surface area contributed by atoms with Gasteiger partial charge in [0, 0.05) is 20.0 Å². The highest BCUT2D eigenvalue weighted by Gasteiger charge is 2.19. The molecule has 0 radical (unpaired) electrons. The van der Waals surface area contributed by atoms with E-state index in [0.717, 1.165) is 6.42 Å². The lowest BCUT2D eigenvalue weighted by Gasteiger charge is -2.21. The maximum Gasteiger partial charge on any atom is 0.381 e. The van der Waals surface area contributed by atoms with Gasteiger partial charge in [0.25, 0.3) is 0 Å². The average molecular weight is 270 g/mol. The van der Waals surface area contributed by atoms with Gasteiger partial charge in [-0.25, -0.2) is 0 Å². The van der Waals surface area contributed by atoms with Crippen LogP contribution in [0, 0.1) is 17.0 Å². The van der Waals surface area contributed by atoms with Crippen LogP contribution in [-0.2, 0) is 11.3 Å². The van der Waals surface area contributed by atoms with Crippen LogP contribution < -0.4 is 0 Å². The number of carbonyl (C=O) groups is 1. The zero-order valence-corrected chi connectivity index (χ0v) is 11.1. The first kappa shape index (κ1) is 15.1. The Morgan fingerprint density at radius 3 is 2.74 bits per heavy atom. The van der Waals surface area contributed by atoms with Gasteiger partial charge in [-0.05, 0) is 16.3 Å². The van der Waals surface area contributed by atoms with Crippen molar-refractivity contribution < 1.29 is 14.8 Å². The van der Waals surface area contributed by atoms with Crippen LogP contribution in [0.25, 0.3) is 0 Å². The quantitative estimate of drug-likeness (QED) is 0.568. The fraction of sp³-hybridized carbons (Fsp3) is 0.636. The summed E-state index contributed by atoms with van der Waals surface area (Å²) in [7, 11) is 0. The Hall–Kier alpha value is -1.96. The van der Waals surface area contributed by atoms with Crippen molar-refractivity contribution in [2.45, 2.75) is 26.8 Å². The van der Waals surface area contributed by atoms with E-state index in [9.17, 15) is 14.9 Å². The summed E-state index contributed by atoms with van der Waals surface area (Å²) in [6.45, 7) is 4.25. The van der Waals surface area contributed by atoms with Gasteiger partial charge in [-0.3, -0.25) is 9.36 Å². The first-order valence-corrected chi connectivity index (χ1v) is 6.06. The second kappa shape index (κ2) is 6.83. The number of aromatic nitrogens is 2. The summed E-state index contributed by atoms with van der Waals surface area (Å²) < 4.78 is 1.44. The molecule has 0 saturated heterocycles. The highest BCUT2D eigenvalue weighted by molar-refractivity contribution is 5.76. The number of aliphatic hydroxyl groups excluding tert-OH is 1. The van der Waals surface area contributed by atoms with Crippen molar-refractivity contribution in [3.63, 3.8) is 0 Å². The van der Waals surface area contributed by atoms with Crippen LogP contribution in [0.3, 0.4) is 0 Å². The third kappa shape index (κ3) is 4.02. The second-order valence-electron chi connectivity index (χ2n) is 4.14. The molecule has 0 spiro atoms. The summed E-state index contributed by atoms with van der Waals surface area (Å²) in [5, 5.41) is 19.5. The summed E-state index contributed by atoms with van der Waals surface area (Å²) in [5.41, 5.74) is 0. The normalized spacial score (nSPS) is 10.5. The predicted molar refractivity (Wildman–Crippen MR) is 67.6 cm³/mol. The minimum Gasteiger partial charge on any atom is -0.395 e. The molecule has 1 aromatic heterocycles. The molecule has 19 heavy (non-hydrogen) atoms. The molecule has 0 aliphatic rings. The third-order valence-electron chi connectivity index (χ3n) is 2.67. The number of rotatable bonds is 7.